The Morgan fingerprint density at radius 3 is 2.47 bits per heavy atom. The van der Waals surface area contributed by atoms with Crippen molar-refractivity contribution in [1.82, 2.24) is 0 Å². The fourth-order valence-electron chi connectivity index (χ4n) is 1.19. The highest BCUT2D eigenvalue weighted by Gasteiger charge is 2.35. The second-order valence-electron chi connectivity index (χ2n) is 3.02. The molecule has 0 radical (unpaired) electrons. The van der Waals surface area contributed by atoms with Crippen LogP contribution in [0.3, 0.4) is 0 Å². The van der Waals surface area contributed by atoms with Gasteiger partial charge in [-0.15, -0.1) is 0 Å². The normalized spacial score (nSPS) is 10.8. The number of alkyl halides is 3. The van der Waals surface area contributed by atoms with E-state index in [0.29, 0.717) is 12.1 Å². The predicted molar refractivity (Wildman–Crippen MR) is 49.2 cm³/mol. The zero-order chi connectivity index (χ0) is 13.2. The minimum atomic E-state index is -4.82. The summed E-state index contributed by atoms with van der Waals surface area (Å²) in [6.45, 7) is 0. The van der Waals surface area contributed by atoms with Gasteiger partial charge in [-0.1, -0.05) is 0 Å². The van der Waals surface area contributed by atoms with Crippen molar-refractivity contribution in [2.24, 2.45) is 0 Å². The van der Waals surface area contributed by atoms with Crippen molar-refractivity contribution in [3.63, 3.8) is 0 Å². The predicted octanol–water partition coefficient (Wildman–Crippen LogP) is 2.07. The molecule has 1 rings (SSSR count). The molecule has 0 fully saturated rings. The third kappa shape index (κ3) is 2.47. The molecule has 0 aromatic heterocycles. The van der Waals surface area contributed by atoms with Crippen LogP contribution in [-0.4, -0.2) is 18.2 Å². The van der Waals surface area contributed by atoms with Crippen molar-refractivity contribution in [2.45, 2.75) is 6.18 Å². The number of carbonyl (C=O) groups excluding carboxylic acids is 1. The number of benzene rings is 1. The first kappa shape index (κ1) is 12.8. The first-order chi connectivity index (χ1) is 7.81. The Morgan fingerprint density at radius 1 is 1.47 bits per heavy atom. The fourth-order valence-corrected chi connectivity index (χ4v) is 1.19. The molecule has 1 N–H and O–H groups in total. The number of rotatable bonds is 1. The van der Waals surface area contributed by atoms with Crippen molar-refractivity contribution >= 4 is 5.97 Å². The number of carbonyl (C=O) groups is 1. The van der Waals surface area contributed by atoms with Crippen LogP contribution in [0.1, 0.15) is 21.5 Å². The van der Waals surface area contributed by atoms with Crippen LogP contribution in [0.5, 0.6) is 5.75 Å². The Hall–Kier alpha value is -2.23. The lowest BCUT2D eigenvalue weighted by molar-refractivity contribution is -0.138. The number of halogens is 3. The average Bonchev–Trinajstić information content (AvgIpc) is 2.25. The van der Waals surface area contributed by atoms with Gasteiger partial charge in [0.05, 0.1) is 23.8 Å². The van der Waals surface area contributed by atoms with E-state index in [0.717, 1.165) is 7.11 Å². The molecular formula is C10H6F3NO3. The summed E-state index contributed by atoms with van der Waals surface area (Å²) in [5, 5.41) is 17.7. The van der Waals surface area contributed by atoms with E-state index in [-0.39, 0.29) is 5.56 Å². The third-order valence-electron chi connectivity index (χ3n) is 1.97. The molecule has 0 saturated heterocycles. The lowest BCUT2D eigenvalue weighted by Crippen LogP contribution is -2.10. The van der Waals surface area contributed by atoms with Crippen LogP contribution < -0.4 is 0 Å². The summed E-state index contributed by atoms with van der Waals surface area (Å²) in [7, 11) is 0.976. The van der Waals surface area contributed by atoms with Gasteiger partial charge in [0.15, 0.2) is 0 Å². The minimum Gasteiger partial charge on any atom is -0.507 e. The summed E-state index contributed by atoms with van der Waals surface area (Å²) in [5.74, 6) is -2.19. The van der Waals surface area contributed by atoms with E-state index in [4.69, 9.17) is 10.4 Å². The number of nitriles is 1. The molecule has 0 aliphatic rings. The first-order valence-corrected chi connectivity index (χ1v) is 4.24. The Labute approximate surface area is 93.8 Å². The van der Waals surface area contributed by atoms with Gasteiger partial charge in [-0.3, -0.25) is 0 Å². The summed E-state index contributed by atoms with van der Waals surface area (Å²) in [5.41, 5.74) is -2.32. The molecule has 0 bridgehead atoms. The Kier molecular flexibility index (Phi) is 3.27. The molecule has 0 atom stereocenters. The van der Waals surface area contributed by atoms with Crippen molar-refractivity contribution in [1.29, 1.82) is 5.26 Å². The quantitative estimate of drug-likeness (QED) is 0.769. The van der Waals surface area contributed by atoms with Gasteiger partial charge in [-0.25, -0.2) is 4.79 Å². The van der Waals surface area contributed by atoms with E-state index >= 15 is 0 Å². The Balaban J connectivity index is 3.50. The Morgan fingerprint density at radius 2 is 2.06 bits per heavy atom. The highest BCUT2D eigenvalue weighted by atomic mass is 19.4. The summed E-state index contributed by atoms with van der Waals surface area (Å²) >= 11 is 0. The lowest BCUT2D eigenvalue weighted by Gasteiger charge is -2.11. The van der Waals surface area contributed by atoms with E-state index in [1.807, 2.05) is 0 Å². The smallest absolute Gasteiger partial charge is 0.419 e. The number of esters is 1. The molecule has 4 nitrogen and oxygen atoms in total. The second-order valence-corrected chi connectivity index (χ2v) is 3.02. The van der Waals surface area contributed by atoms with Gasteiger partial charge in [-0.2, -0.15) is 18.4 Å². The van der Waals surface area contributed by atoms with Crippen LogP contribution in [0.25, 0.3) is 0 Å². The van der Waals surface area contributed by atoms with Gasteiger partial charge < -0.3 is 9.84 Å². The minimum absolute atomic E-state index is 0.387. The van der Waals surface area contributed by atoms with Crippen molar-refractivity contribution < 1.29 is 27.8 Å². The van der Waals surface area contributed by atoms with E-state index in [9.17, 15) is 18.0 Å². The summed E-state index contributed by atoms with van der Waals surface area (Å²) in [4.78, 5) is 11.2. The maximum atomic E-state index is 12.4. The van der Waals surface area contributed by atoms with E-state index in [2.05, 4.69) is 4.74 Å². The number of aromatic hydroxyl groups is 1. The summed E-state index contributed by atoms with van der Waals surface area (Å²) in [6.07, 6.45) is -4.82. The molecule has 0 heterocycles. The number of ether oxygens (including phenoxy) is 1. The standard InChI is InChI=1S/C10H6F3NO3/c1-17-9(16)6-3-7(10(11,12)13)8(15)2-5(6)4-14/h2-3,15H,1H3. The molecule has 90 valence electrons. The first-order valence-electron chi connectivity index (χ1n) is 4.24. The molecule has 0 unspecified atom stereocenters. The van der Waals surface area contributed by atoms with Crippen LogP contribution in [0, 0.1) is 11.3 Å². The monoisotopic (exact) mass is 245 g/mol. The van der Waals surface area contributed by atoms with Crippen molar-refractivity contribution in [3.05, 3.63) is 28.8 Å². The van der Waals surface area contributed by atoms with Crippen LogP contribution in [0.2, 0.25) is 0 Å². The second kappa shape index (κ2) is 4.33. The van der Waals surface area contributed by atoms with Gasteiger partial charge in [-0.05, 0) is 12.1 Å². The molecule has 0 amide bonds. The summed E-state index contributed by atoms with van der Waals surface area (Å²) < 4.78 is 41.6. The number of hydrogen-bond acceptors (Lipinski definition) is 4. The highest BCUT2D eigenvalue weighted by molar-refractivity contribution is 5.92. The van der Waals surface area contributed by atoms with E-state index in [1.165, 1.54) is 6.07 Å². The molecule has 0 aliphatic heterocycles. The number of nitrogens with zero attached hydrogens (tertiary/aromatic N) is 1. The van der Waals surface area contributed by atoms with Crippen LogP contribution in [0.4, 0.5) is 13.2 Å². The molecular weight excluding hydrogens is 239 g/mol. The van der Waals surface area contributed by atoms with Gasteiger partial charge in [0.2, 0.25) is 0 Å². The topological polar surface area (TPSA) is 70.3 Å². The molecule has 0 aliphatic carbocycles. The lowest BCUT2D eigenvalue weighted by atomic mass is 10.0. The van der Waals surface area contributed by atoms with Crippen LogP contribution in [-0.2, 0) is 10.9 Å². The largest absolute Gasteiger partial charge is 0.507 e. The number of phenols is 1. The molecule has 1 aromatic carbocycles. The molecule has 7 heteroatoms. The number of methoxy groups -OCH3 is 1. The van der Waals surface area contributed by atoms with Gasteiger partial charge in [0, 0.05) is 0 Å². The van der Waals surface area contributed by atoms with Crippen LogP contribution in [0.15, 0.2) is 12.1 Å². The Bertz CT molecular complexity index is 503. The molecule has 17 heavy (non-hydrogen) atoms. The van der Waals surface area contributed by atoms with Gasteiger partial charge in [0.25, 0.3) is 0 Å². The number of hydrogen-bond donors (Lipinski definition) is 1. The highest BCUT2D eigenvalue weighted by Crippen LogP contribution is 2.37. The molecule has 0 saturated carbocycles. The van der Waals surface area contributed by atoms with Crippen molar-refractivity contribution in [3.8, 4) is 11.8 Å². The maximum absolute atomic E-state index is 12.4. The average molecular weight is 245 g/mol. The zero-order valence-electron chi connectivity index (χ0n) is 8.50. The maximum Gasteiger partial charge on any atom is 0.419 e. The van der Waals surface area contributed by atoms with Crippen LogP contribution >= 0.6 is 0 Å². The molecule has 1 aromatic rings. The zero-order valence-corrected chi connectivity index (χ0v) is 8.50. The van der Waals surface area contributed by atoms with Gasteiger partial charge >= 0.3 is 12.1 Å². The third-order valence-corrected chi connectivity index (χ3v) is 1.97. The molecule has 0 spiro atoms. The van der Waals surface area contributed by atoms with Crippen molar-refractivity contribution in [2.75, 3.05) is 7.11 Å². The van der Waals surface area contributed by atoms with Gasteiger partial charge in [0.1, 0.15) is 11.8 Å². The fraction of sp³-hybridized carbons (Fsp3) is 0.200. The van der Waals surface area contributed by atoms with E-state index < -0.39 is 29.0 Å². The number of phenolic OH excluding ortho intramolecular Hbond substituents is 1. The summed E-state index contributed by atoms with van der Waals surface area (Å²) in [6, 6.07) is 2.47. The SMILES string of the molecule is COC(=O)c1cc(C(F)(F)F)c(O)cc1C#N. The van der Waals surface area contributed by atoms with E-state index in [1.54, 1.807) is 0 Å².